The predicted molar refractivity (Wildman–Crippen MR) is 114 cm³/mol. The third-order valence-corrected chi connectivity index (χ3v) is 5.37. The molecule has 0 aliphatic carbocycles. The van der Waals surface area contributed by atoms with Gasteiger partial charge in [-0.2, -0.15) is 5.10 Å². The Morgan fingerprint density at radius 1 is 1.18 bits per heavy atom. The molecule has 0 radical (unpaired) electrons. The molecule has 0 spiro atoms. The summed E-state index contributed by atoms with van der Waals surface area (Å²) in [5.41, 5.74) is 3.74. The van der Waals surface area contributed by atoms with Gasteiger partial charge in [-0.25, -0.2) is 5.01 Å². The molecule has 1 heterocycles. The molecule has 28 heavy (non-hydrogen) atoms. The Bertz CT molecular complexity index is 893. The van der Waals surface area contributed by atoms with E-state index in [0.29, 0.717) is 24.3 Å². The van der Waals surface area contributed by atoms with Crippen molar-refractivity contribution in [3.8, 4) is 11.5 Å². The number of nitrogens with zero attached hydrogens (tertiary/aromatic N) is 2. The first-order chi connectivity index (χ1) is 13.5. The molecule has 3 rings (SSSR count). The van der Waals surface area contributed by atoms with E-state index < -0.39 is 0 Å². The Balaban J connectivity index is 2.21. The van der Waals surface area contributed by atoms with Crippen molar-refractivity contribution in [2.45, 2.75) is 39.2 Å². The number of amides is 1. The van der Waals surface area contributed by atoms with Crippen molar-refractivity contribution in [2.75, 3.05) is 14.2 Å². The van der Waals surface area contributed by atoms with Crippen LogP contribution < -0.4 is 9.47 Å². The standard InChI is InChI=1S/C22H25BrN2O3/c1-5-6-21(26)25-14(2)11-16-12-19(27-3)20(28-4)13-18(16)22(24-25)15-7-9-17(23)10-8-15/h7-10,12-14H,5-6,11H2,1-4H3. The van der Waals surface area contributed by atoms with Crippen LogP contribution in [0.1, 0.15) is 43.4 Å². The van der Waals surface area contributed by atoms with E-state index in [9.17, 15) is 4.79 Å². The molecule has 1 aliphatic heterocycles. The van der Waals surface area contributed by atoms with Gasteiger partial charge in [0.05, 0.1) is 26.0 Å². The van der Waals surface area contributed by atoms with Gasteiger partial charge in [-0.15, -0.1) is 0 Å². The van der Waals surface area contributed by atoms with Crippen LogP contribution in [0.15, 0.2) is 46.0 Å². The highest BCUT2D eigenvalue weighted by molar-refractivity contribution is 9.10. The first-order valence-corrected chi connectivity index (χ1v) is 10.2. The molecule has 2 aromatic carbocycles. The number of hydrogen-bond donors (Lipinski definition) is 0. The molecule has 1 atom stereocenters. The second-order valence-electron chi connectivity index (χ2n) is 6.86. The topological polar surface area (TPSA) is 51.1 Å². The largest absolute Gasteiger partial charge is 0.493 e. The summed E-state index contributed by atoms with van der Waals surface area (Å²) >= 11 is 3.48. The number of fused-ring (bicyclic) bond motifs is 1. The molecule has 1 aliphatic rings. The summed E-state index contributed by atoms with van der Waals surface area (Å²) in [5, 5.41) is 6.47. The van der Waals surface area contributed by atoms with Crippen molar-refractivity contribution < 1.29 is 14.3 Å². The van der Waals surface area contributed by atoms with Gasteiger partial charge in [-0.05, 0) is 49.6 Å². The number of hydrogen-bond acceptors (Lipinski definition) is 4. The number of benzene rings is 2. The van der Waals surface area contributed by atoms with Crippen molar-refractivity contribution in [3.63, 3.8) is 0 Å². The Morgan fingerprint density at radius 2 is 1.82 bits per heavy atom. The molecular weight excluding hydrogens is 420 g/mol. The normalized spacial score (nSPS) is 16.1. The molecule has 0 aromatic heterocycles. The molecule has 6 heteroatoms. The van der Waals surface area contributed by atoms with Crippen LogP contribution in [-0.4, -0.2) is 36.9 Å². The molecule has 0 saturated carbocycles. The van der Waals surface area contributed by atoms with E-state index in [-0.39, 0.29) is 11.9 Å². The third-order valence-electron chi connectivity index (χ3n) is 4.84. The van der Waals surface area contributed by atoms with Gasteiger partial charge >= 0.3 is 0 Å². The van der Waals surface area contributed by atoms with Gasteiger partial charge in [0, 0.05) is 22.0 Å². The smallest absolute Gasteiger partial charge is 0.242 e. The average Bonchev–Trinajstić information content (AvgIpc) is 2.83. The molecule has 0 fully saturated rings. The molecule has 2 aromatic rings. The second-order valence-corrected chi connectivity index (χ2v) is 7.78. The monoisotopic (exact) mass is 444 g/mol. The van der Waals surface area contributed by atoms with E-state index in [1.165, 1.54) is 0 Å². The van der Waals surface area contributed by atoms with Crippen molar-refractivity contribution in [2.24, 2.45) is 5.10 Å². The van der Waals surface area contributed by atoms with E-state index >= 15 is 0 Å². The minimum atomic E-state index is -0.0520. The number of methoxy groups -OCH3 is 2. The summed E-state index contributed by atoms with van der Waals surface area (Å²) < 4.78 is 12.0. The van der Waals surface area contributed by atoms with Crippen LogP contribution in [0.4, 0.5) is 0 Å². The number of carbonyl (C=O) groups excluding carboxylic acids is 1. The van der Waals surface area contributed by atoms with Gasteiger partial charge in [-0.1, -0.05) is 35.0 Å². The molecule has 1 amide bonds. The minimum absolute atomic E-state index is 0.0383. The lowest BCUT2D eigenvalue weighted by atomic mass is 9.94. The highest BCUT2D eigenvalue weighted by Crippen LogP contribution is 2.34. The molecule has 0 bridgehead atoms. The van der Waals surface area contributed by atoms with Crippen LogP contribution in [0.2, 0.25) is 0 Å². The van der Waals surface area contributed by atoms with Crippen LogP contribution in [-0.2, 0) is 11.2 Å². The van der Waals surface area contributed by atoms with E-state index in [2.05, 4.69) is 15.9 Å². The Hall–Kier alpha value is -2.34. The van der Waals surface area contributed by atoms with Crippen LogP contribution in [0.5, 0.6) is 11.5 Å². The SMILES string of the molecule is CCCC(=O)N1N=C(c2ccc(Br)cc2)c2cc(OC)c(OC)cc2CC1C. The van der Waals surface area contributed by atoms with Crippen LogP contribution in [0.25, 0.3) is 0 Å². The van der Waals surface area contributed by atoms with Crippen LogP contribution in [0.3, 0.4) is 0 Å². The molecular formula is C22H25BrN2O3. The maximum Gasteiger partial charge on any atom is 0.242 e. The predicted octanol–water partition coefficient (Wildman–Crippen LogP) is 4.79. The quantitative estimate of drug-likeness (QED) is 0.665. The summed E-state index contributed by atoms with van der Waals surface area (Å²) in [6.07, 6.45) is 1.96. The zero-order chi connectivity index (χ0) is 20.3. The van der Waals surface area contributed by atoms with Crippen LogP contribution in [0, 0.1) is 0 Å². The van der Waals surface area contributed by atoms with Crippen molar-refractivity contribution in [1.82, 2.24) is 5.01 Å². The fourth-order valence-electron chi connectivity index (χ4n) is 3.43. The van der Waals surface area contributed by atoms with Crippen LogP contribution >= 0.6 is 15.9 Å². The zero-order valence-electron chi connectivity index (χ0n) is 16.7. The summed E-state index contributed by atoms with van der Waals surface area (Å²) in [6, 6.07) is 11.9. The zero-order valence-corrected chi connectivity index (χ0v) is 18.2. The molecule has 0 saturated heterocycles. The van der Waals surface area contributed by atoms with E-state index in [1.54, 1.807) is 19.2 Å². The first kappa shape index (κ1) is 20.4. The molecule has 0 N–H and O–H groups in total. The molecule has 1 unspecified atom stereocenters. The maximum absolute atomic E-state index is 12.8. The fraction of sp³-hybridized carbons (Fsp3) is 0.364. The lowest BCUT2D eigenvalue weighted by Gasteiger charge is -2.23. The third kappa shape index (κ3) is 4.07. The highest BCUT2D eigenvalue weighted by Gasteiger charge is 2.28. The fourth-order valence-corrected chi connectivity index (χ4v) is 3.69. The van der Waals surface area contributed by atoms with Gasteiger partial charge in [0.2, 0.25) is 5.91 Å². The van der Waals surface area contributed by atoms with Gasteiger partial charge < -0.3 is 9.47 Å². The number of hydrazone groups is 1. The lowest BCUT2D eigenvalue weighted by molar-refractivity contribution is -0.133. The maximum atomic E-state index is 12.8. The molecule has 148 valence electrons. The summed E-state index contributed by atoms with van der Waals surface area (Å²) in [4.78, 5) is 12.8. The van der Waals surface area contributed by atoms with Gasteiger partial charge in [0.25, 0.3) is 0 Å². The van der Waals surface area contributed by atoms with Gasteiger partial charge in [0.15, 0.2) is 11.5 Å². The van der Waals surface area contributed by atoms with E-state index in [4.69, 9.17) is 14.6 Å². The van der Waals surface area contributed by atoms with Crippen molar-refractivity contribution in [1.29, 1.82) is 0 Å². The number of halogens is 1. The lowest BCUT2D eigenvalue weighted by Crippen LogP contribution is -2.35. The highest BCUT2D eigenvalue weighted by atomic mass is 79.9. The van der Waals surface area contributed by atoms with E-state index in [1.807, 2.05) is 50.2 Å². The molecule has 5 nitrogen and oxygen atoms in total. The Labute approximate surface area is 174 Å². The Morgan fingerprint density at radius 3 is 2.43 bits per heavy atom. The van der Waals surface area contributed by atoms with Crippen molar-refractivity contribution in [3.05, 3.63) is 57.6 Å². The summed E-state index contributed by atoms with van der Waals surface area (Å²) in [6.45, 7) is 4.03. The summed E-state index contributed by atoms with van der Waals surface area (Å²) in [5.74, 6) is 1.36. The van der Waals surface area contributed by atoms with Crippen molar-refractivity contribution >= 4 is 27.5 Å². The van der Waals surface area contributed by atoms with Gasteiger partial charge in [0.1, 0.15) is 0 Å². The summed E-state index contributed by atoms with van der Waals surface area (Å²) in [7, 11) is 3.25. The number of ether oxygens (including phenoxy) is 2. The first-order valence-electron chi connectivity index (χ1n) is 9.40. The minimum Gasteiger partial charge on any atom is -0.493 e. The number of carbonyl (C=O) groups is 1. The number of rotatable bonds is 5. The van der Waals surface area contributed by atoms with E-state index in [0.717, 1.165) is 33.3 Å². The average molecular weight is 445 g/mol. The van der Waals surface area contributed by atoms with Gasteiger partial charge in [-0.3, -0.25) is 4.79 Å². The Kier molecular flexibility index (Phi) is 6.39. The second kappa shape index (κ2) is 8.78.